The Morgan fingerprint density at radius 2 is 1.95 bits per heavy atom. The molecule has 0 spiro atoms. The van der Waals surface area contributed by atoms with Crippen molar-refractivity contribution in [3.05, 3.63) is 29.8 Å². The van der Waals surface area contributed by atoms with E-state index in [1.54, 1.807) is 16.7 Å². The van der Waals surface area contributed by atoms with Gasteiger partial charge in [0.15, 0.2) is 0 Å². The van der Waals surface area contributed by atoms with Crippen LogP contribution in [0.25, 0.3) is 0 Å². The minimum Gasteiger partial charge on any atom is -0.291 e. The molecule has 104 valence electrons. The predicted molar refractivity (Wildman–Crippen MR) is 70.6 cm³/mol. The lowest BCUT2D eigenvalue weighted by atomic mass is 10.0. The average Bonchev–Trinajstić information content (AvgIpc) is 3.11. The van der Waals surface area contributed by atoms with Crippen LogP contribution >= 0.6 is 11.8 Å². The molecule has 0 bridgehead atoms. The van der Waals surface area contributed by atoms with Crippen molar-refractivity contribution in [1.82, 2.24) is 4.90 Å². The van der Waals surface area contributed by atoms with Crippen molar-refractivity contribution in [2.45, 2.75) is 35.9 Å². The van der Waals surface area contributed by atoms with Crippen LogP contribution in [0.4, 0.5) is 13.2 Å². The summed E-state index contributed by atoms with van der Waals surface area (Å²) >= 11 is 1.76. The van der Waals surface area contributed by atoms with Gasteiger partial charge in [0, 0.05) is 29.2 Å². The second kappa shape index (κ2) is 5.02. The van der Waals surface area contributed by atoms with Gasteiger partial charge in [-0.2, -0.15) is 13.2 Å². The van der Waals surface area contributed by atoms with Gasteiger partial charge in [-0.05, 0) is 24.5 Å². The van der Waals surface area contributed by atoms with Gasteiger partial charge < -0.3 is 0 Å². The van der Waals surface area contributed by atoms with Crippen LogP contribution in [0.2, 0.25) is 0 Å². The summed E-state index contributed by atoms with van der Waals surface area (Å²) in [5, 5.41) is 0. The molecule has 0 aromatic heterocycles. The lowest BCUT2D eigenvalue weighted by Gasteiger charge is -2.26. The van der Waals surface area contributed by atoms with E-state index in [1.165, 1.54) is 10.5 Å². The summed E-state index contributed by atoms with van der Waals surface area (Å²) in [6.07, 6.45) is -2.26. The monoisotopic (exact) mass is 287 g/mol. The fourth-order valence-corrected chi connectivity index (χ4v) is 3.92. The van der Waals surface area contributed by atoms with E-state index in [2.05, 4.69) is 12.1 Å². The molecule has 19 heavy (non-hydrogen) atoms. The Morgan fingerprint density at radius 3 is 2.63 bits per heavy atom. The molecule has 1 unspecified atom stereocenters. The minimum absolute atomic E-state index is 0.152. The van der Waals surface area contributed by atoms with E-state index >= 15 is 0 Å². The van der Waals surface area contributed by atoms with Crippen molar-refractivity contribution < 1.29 is 13.2 Å². The highest BCUT2D eigenvalue weighted by atomic mass is 32.2. The second-order valence-corrected chi connectivity index (χ2v) is 6.38. The van der Waals surface area contributed by atoms with Gasteiger partial charge in [-0.1, -0.05) is 18.2 Å². The lowest BCUT2D eigenvalue weighted by molar-refractivity contribution is -0.147. The molecule has 1 aliphatic carbocycles. The zero-order chi connectivity index (χ0) is 13.5. The maximum Gasteiger partial charge on any atom is 0.401 e. The summed E-state index contributed by atoms with van der Waals surface area (Å²) in [5.74, 6) is 1.14. The molecular weight excluding hydrogens is 271 g/mol. The van der Waals surface area contributed by atoms with Crippen molar-refractivity contribution in [2.75, 3.05) is 18.8 Å². The van der Waals surface area contributed by atoms with Gasteiger partial charge in [-0.15, -0.1) is 11.8 Å². The number of hydrogen-bond acceptors (Lipinski definition) is 2. The highest BCUT2D eigenvalue weighted by Gasteiger charge is 2.39. The van der Waals surface area contributed by atoms with Gasteiger partial charge in [0.2, 0.25) is 0 Å². The first-order valence-electron chi connectivity index (χ1n) is 6.55. The summed E-state index contributed by atoms with van der Waals surface area (Å²) in [6, 6.07) is 8.23. The molecule has 1 nitrogen and oxygen atoms in total. The third kappa shape index (κ3) is 3.26. The third-order valence-corrected chi connectivity index (χ3v) is 4.95. The predicted octanol–water partition coefficient (Wildman–Crippen LogP) is 3.90. The standard InChI is InChI=1S/C14H16F3NS/c15-14(16,17)9-18(11-5-6-11)7-10-8-19-13-4-2-1-3-12(10)13/h1-4,10-11H,5-9H2. The average molecular weight is 287 g/mol. The van der Waals surface area contributed by atoms with E-state index in [-0.39, 0.29) is 12.0 Å². The van der Waals surface area contributed by atoms with Crippen LogP contribution in [-0.2, 0) is 0 Å². The topological polar surface area (TPSA) is 3.24 Å². The Bertz CT molecular complexity index is 456. The van der Waals surface area contributed by atoms with Gasteiger partial charge in [-0.25, -0.2) is 0 Å². The Balaban J connectivity index is 1.70. The van der Waals surface area contributed by atoms with Crippen molar-refractivity contribution in [3.8, 4) is 0 Å². The molecule has 1 aliphatic heterocycles. The Labute approximate surface area is 115 Å². The highest BCUT2D eigenvalue weighted by molar-refractivity contribution is 7.99. The van der Waals surface area contributed by atoms with E-state index in [0.717, 1.165) is 18.6 Å². The summed E-state index contributed by atoms with van der Waals surface area (Å²) in [6.45, 7) is -0.227. The van der Waals surface area contributed by atoms with E-state index in [9.17, 15) is 13.2 Å². The smallest absolute Gasteiger partial charge is 0.291 e. The number of nitrogens with zero attached hydrogens (tertiary/aromatic N) is 1. The first kappa shape index (κ1) is 13.3. The zero-order valence-corrected chi connectivity index (χ0v) is 11.3. The SMILES string of the molecule is FC(F)(F)CN(CC1CSc2ccccc21)C1CC1. The molecule has 1 fully saturated rings. The second-order valence-electron chi connectivity index (χ2n) is 5.32. The third-order valence-electron chi connectivity index (χ3n) is 3.70. The fourth-order valence-electron chi connectivity index (χ4n) is 2.68. The zero-order valence-electron chi connectivity index (χ0n) is 10.5. The van der Waals surface area contributed by atoms with Gasteiger partial charge >= 0.3 is 6.18 Å². The van der Waals surface area contributed by atoms with Crippen LogP contribution in [0.1, 0.15) is 24.3 Å². The van der Waals surface area contributed by atoms with E-state index in [1.807, 2.05) is 12.1 Å². The van der Waals surface area contributed by atoms with E-state index in [4.69, 9.17) is 0 Å². The Kier molecular flexibility index (Phi) is 3.52. The fraction of sp³-hybridized carbons (Fsp3) is 0.571. The molecule has 1 aromatic carbocycles. The van der Waals surface area contributed by atoms with E-state index in [0.29, 0.717) is 6.54 Å². The molecule has 2 aliphatic rings. The van der Waals surface area contributed by atoms with Crippen LogP contribution in [0.3, 0.4) is 0 Å². The van der Waals surface area contributed by atoms with Crippen LogP contribution in [0.5, 0.6) is 0 Å². The van der Waals surface area contributed by atoms with Crippen LogP contribution in [0, 0.1) is 0 Å². The number of fused-ring (bicyclic) bond motifs is 1. The number of hydrogen-bond donors (Lipinski definition) is 0. The van der Waals surface area contributed by atoms with Crippen LogP contribution in [-0.4, -0.2) is 36.0 Å². The molecular formula is C14H16F3NS. The van der Waals surface area contributed by atoms with Gasteiger partial charge in [0.05, 0.1) is 6.54 Å². The number of rotatable bonds is 4. The van der Waals surface area contributed by atoms with Gasteiger partial charge in [0.1, 0.15) is 0 Å². The molecule has 1 heterocycles. The molecule has 1 atom stereocenters. The summed E-state index contributed by atoms with van der Waals surface area (Å²) in [4.78, 5) is 2.86. The first-order valence-corrected chi connectivity index (χ1v) is 7.54. The summed E-state index contributed by atoms with van der Waals surface area (Å²) in [7, 11) is 0. The molecule has 1 saturated carbocycles. The molecule has 3 rings (SSSR count). The normalized spacial score (nSPS) is 22.8. The maximum atomic E-state index is 12.6. The molecule has 0 saturated heterocycles. The lowest BCUT2D eigenvalue weighted by Crippen LogP contribution is -2.38. The number of alkyl halides is 3. The number of halogens is 3. The highest BCUT2D eigenvalue weighted by Crippen LogP contribution is 2.41. The molecule has 5 heteroatoms. The maximum absolute atomic E-state index is 12.6. The number of thioether (sulfide) groups is 1. The van der Waals surface area contributed by atoms with Crippen molar-refractivity contribution >= 4 is 11.8 Å². The molecule has 0 amide bonds. The molecule has 1 aromatic rings. The minimum atomic E-state index is -4.09. The molecule has 0 N–H and O–H groups in total. The van der Waals surface area contributed by atoms with Crippen molar-refractivity contribution in [2.24, 2.45) is 0 Å². The molecule has 0 radical (unpaired) electrons. The van der Waals surface area contributed by atoms with Crippen molar-refractivity contribution in [1.29, 1.82) is 0 Å². The van der Waals surface area contributed by atoms with Gasteiger partial charge in [-0.3, -0.25) is 4.90 Å². The first-order chi connectivity index (χ1) is 9.03. The summed E-state index contributed by atoms with van der Waals surface area (Å²) < 4.78 is 37.9. The van der Waals surface area contributed by atoms with Crippen LogP contribution < -0.4 is 0 Å². The largest absolute Gasteiger partial charge is 0.401 e. The van der Waals surface area contributed by atoms with Gasteiger partial charge in [0.25, 0.3) is 0 Å². The Morgan fingerprint density at radius 1 is 1.21 bits per heavy atom. The van der Waals surface area contributed by atoms with Crippen LogP contribution in [0.15, 0.2) is 29.2 Å². The quantitative estimate of drug-likeness (QED) is 0.826. The summed E-state index contributed by atoms with van der Waals surface area (Å²) in [5.41, 5.74) is 1.22. The number of benzene rings is 1. The van der Waals surface area contributed by atoms with E-state index < -0.39 is 12.7 Å². The Hall–Kier alpha value is -0.680. The van der Waals surface area contributed by atoms with Crippen molar-refractivity contribution in [3.63, 3.8) is 0 Å².